The molecule has 7 nitrogen and oxygen atoms in total. The zero-order valence-electron chi connectivity index (χ0n) is 15.3. The molecule has 1 heterocycles. The number of aromatic hydroxyl groups is 1. The second kappa shape index (κ2) is 7.74. The van der Waals surface area contributed by atoms with E-state index in [-0.39, 0.29) is 4.90 Å². The van der Waals surface area contributed by atoms with Crippen molar-refractivity contribution in [3.8, 4) is 23.1 Å². The first-order valence-electron chi connectivity index (χ1n) is 8.74. The van der Waals surface area contributed by atoms with Crippen LogP contribution in [-0.2, 0) is 10.0 Å². The minimum atomic E-state index is -4.30. The standard InChI is InChI=1S/C21H15ClN2O5S/c22-15-6-12-19(13-7-15)30(27,28)24-20(25)14-23(21(24)26)16-8-10-18(11-9-16)29-17-4-2-1-3-5-17/h1-14,25H. The Morgan fingerprint density at radius 2 is 1.43 bits per heavy atom. The van der Waals surface area contributed by atoms with E-state index in [2.05, 4.69) is 0 Å². The van der Waals surface area contributed by atoms with Gasteiger partial charge in [-0.05, 0) is 60.7 Å². The molecule has 0 bridgehead atoms. The number of rotatable bonds is 5. The summed E-state index contributed by atoms with van der Waals surface area (Å²) in [5.41, 5.74) is -0.569. The molecule has 0 radical (unpaired) electrons. The van der Waals surface area contributed by atoms with Crippen molar-refractivity contribution in [3.63, 3.8) is 0 Å². The van der Waals surface area contributed by atoms with E-state index in [4.69, 9.17) is 16.3 Å². The van der Waals surface area contributed by atoms with Gasteiger partial charge in [0, 0.05) is 5.02 Å². The number of aromatic nitrogens is 2. The molecule has 0 saturated carbocycles. The van der Waals surface area contributed by atoms with Gasteiger partial charge >= 0.3 is 5.69 Å². The van der Waals surface area contributed by atoms with E-state index in [9.17, 15) is 18.3 Å². The monoisotopic (exact) mass is 442 g/mol. The van der Waals surface area contributed by atoms with Crippen LogP contribution in [0.15, 0.2) is 94.7 Å². The Hall–Kier alpha value is -3.49. The summed E-state index contributed by atoms with van der Waals surface area (Å²) >= 11 is 5.79. The lowest BCUT2D eigenvalue weighted by atomic mass is 10.3. The fourth-order valence-electron chi connectivity index (χ4n) is 2.84. The van der Waals surface area contributed by atoms with E-state index in [0.29, 0.717) is 26.2 Å². The van der Waals surface area contributed by atoms with Crippen molar-refractivity contribution < 1.29 is 18.3 Å². The summed E-state index contributed by atoms with van der Waals surface area (Å²) in [4.78, 5) is 12.6. The van der Waals surface area contributed by atoms with E-state index in [1.165, 1.54) is 24.3 Å². The highest BCUT2D eigenvalue weighted by molar-refractivity contribution is 7.90. The predicted molar refractivity (Wildman–Crippen MR) is 112 cm³/mol. The maximum Gasteiger partial charge on any atom is 0.350 e. The van der Waals surface area contributed by atoms with Gasteiger partial charge in [0.05, 0.1) is 16.8 Å². The number of benzene rings is 3. The Morgan fingerprint density at radius 3 is 2.07 bits per heavy atom. The highest BCUT2D eigenvalue weighted by atomic mass is 35.5. The third-order valence-electron chi connectivity index (χ3n) is 4.28. The molecule has 3 aromatic carbocycles. The number of nitrogens with zero attached hydrogens (tertiary/aromatic N) is 2. The lowest BCUT2D eigenvalue weighted by Crippen LogP contribution is -2.28. The van der Waals surface area contributed by atoms with E-state index in [1.54, 1.807) is 36.4 Å². The lowest BCUT2D eigenvalue weighted by Gasteiger charge is -2.07. The number of hydrogen-bond donors (Lipinski definition) is 1. The molecule has 0 atom stereocenters. The van der Waals surface area contributed by atoms with Crippen molar-refractivity contribution in [1.29, 1.82) is 0 Å². The molecule has 30 heavy (non-hydrogen) atoms. The second-order valence-corrected chi connectivity index (χ2v) is 8.50. The van der Waals surface area contributed by atoms with Crippen molar-refractivity contribution in [1.82, 2.24) is 8.54 Å². The van der Waals surface area contributed by atoms with Crippen LogP contribution in [0, 0.1) is 0 Å². The van der Waals surface area contributed by atoms with E-state index in [0.717, 1.165) is 10.8 Å². The van der Waals surface area contributed by atoms with Crippen LogP contribution in [-0.4, -0.2) is 22.1 Å². The van der Waals surface area contributed by atoms with Crippen LogP contribution >= 0.6 is 11.6 Å². The van der Waals surface area contributed by atoms with Gasteiger partial charge in [-0.1, -0.05) is 29.8 Å². The summed E-state index contributed by atoms with van der Waals surface area (Å²) in [6.45, 7) is 0. The first kappa shape index (κ1) is 19.8. The van der Waals surface area contributed by atoms with E-state index in [1.807, 2.05) is 18.2 Å². The molecule has 152 valence electrons. The first-order chi connectivity index (χ1) is 14.4. The Balaban J connectivity index is 1.68. The molecule has 0 spiro atoms. The van der Waals surface area contributed by atoms with Crippen molar-refractivity contribution in [2.45, 2.75) is 4.90 Å². The fourth-order valence-corrected chi connectivity index (χ4v) is 4.25. The van der Waals surface area contributed by atoms with Gasteiger partial charge in [-0.3, -0.25) is 4.57 Å². The van der Waals surface area contributed by atoms with Crippen LogP contribution in [0.5, 0.6) is 17.4 Å². The molecule has 4 aromatic rings. The van der Waals surface area contributed by atoms with Crippen molar-refractivity contribution in [3.05, 3.63) is 101 Å². The van der Waals surface area contributed by atoms with Gasteiger partial charge in [0.1, 0.15) is 11.5 Å². The molecule has 9 heteroatoms. The minimum Gasteiger partial charge on any atom is -0.493 e. The molecule has 0 aliphatic heterocycles. The molecule has 0 amide bonds. The summed E-state index contributed by atoms with van der Waals surface area (Å²) < 4.78 is 32.7. The summed E-state index contributed by atoms with van der Waals surface area (Å²) in [6.07, 6.45) is 1.04. The van der Waals surface area contributed by atoms with Gasteiger partial charge in [0.15, 0.2) is 0 Å². The van der Waals surface area contributed by atoms with E-state index >= 15 is 0 Å². The van der Waals surface area contributed by atoms with Crippen molar-refractivity contribution >= 4 is 21.6 Å². The number of imidazole rings is 1. The second-order valence-electron chi connectivity index (χ2n) is 6.27. The molecule has 0 aliphatic rings. The Labute approximate surface area is 177 Å². The van der Waals surface area contributed by atoms with Gasteiger partial charge in [-0.2, -0.15) is 0 Å². The maximum absolute atomic E-state index is 12.8. The SMILES string of the molecule is O=c1n(-c2ccc(Oc3ccccc3)cc2)cc(O)n1S(=O)(=O)c1ccc(Cl)cc1. The summed E-state index contributed by atoms with van der Waals surface area (Å²) in [7, 11) is -4.30. The molecule has 0 unspecified atom stereocenters. The van der Waals surface area contributed by atoms with Gasteiger partial charge in [-0.25, -0.2) is 13.2 Å². The Morgan fingerprint density at radius 1 is 0.833 bits per heavy atom. The summed E-state index contributed by atoms with van der Waals surface area (Å²) in [5, 5.41) is 10.5. The van der Waals surface area contributed by atoms with Crippen molar-refractivity contribution in [2.75, 3.05) is 0 Å². The molecular weight excluding hydrogens is 428 g/mol. The zero-order chi connectivity index (χ0) is 21.3. The Bertz CT molecular complexity index is 1340. The van der Waals surface area contributed by atoms with Crippen molar-refractivity contribution in [2.24, 2.45) is 0 Å². The molecule has 1 aromatic heterocycles. The molecule has 0 saturated heterocycles. The first-order valence-corrected chi connectivity index (χ1v) is 10.6. The number of halogens is 1. The molecular formula is C21H15ClN2O5S. The number of ether oxygens (including phenoxy) is 1. The van der Waals surface area contributed by atoms with Crippen LogP contribution in [0.2, 0.25) is 5.02 Å². The molecule has 4 rings (SSSR count). The molecule has 0 fully saturated rings. The van der Waals surface area contributed by atoms with Crippen LogP contribution in [0.4, 0.5) is 0 Å². The fraction of sp³-hybridized carbons (Fsp3) is 0. The van der Waals surface area contributed by atoms with Gasteiger partial charge in [0.25, 0.3) is 10.0 Å². The zero-order valence-corrected chi connectivity index (χ0v) is 16.9. The molecule has 1 N–H and O–H groups in total. The van der Waals surface area contributed by atoms with Crippen LogP contribution in [0.25, 0.3) is 5.69 Å². The van der Waals surface area contributed by atoms with E-state index < -0.39 is 21.6 Å². The third-order valence-corrected chi connectivity index (χ3v) is 6.22. The van der Waals surface area contributed by atoms with Gasteiger partial charge in [-0.15, -0.1) is 3.97 Å². The highest BCUT2D eigenvalue weighted by Crippen LogP contribution is 2.24. The third kappa shape index (κ3) is 3.70. The number of para-hydroxylation sites is 1. The molecule has 0 aliphatic carbocycles. The summed E-state index contributed by atoms with van der Waals surface area (Å²) in [6, 6.07) is 20.9. The quantitative estimate of drug-likeness (QED) is 0.504. The topological polar surface area (TPSA) is 90.5 Å². The maximum atomic E-state index is 12.8. The largest absolute Gasteiger partial charge is 0.493 e. The van der Waals surface area contributed by atoms with Gasteiger partial charge < -0.3 is 9.84 Å². The highest BCUT2D eigenvalue weighted by Gasteiger charge is 2.25. The predicted octanol–water partition coefficient (Wildman–Crippen LogP) is 4.03. The average Bonchev–Trinajstić information content (AvgIpc) is 3.04. The number of hydrogen-bond acceptors (Lipinski definition) is 5. The normalized spacial score (nSPS) is 11.4. The smallest absolute Gasteiger partial charge is 0.350 e. The van der Waals surface area contributed by atoms with Crippen LogP contribution < -0.4 is 10.4 Å². The summed E-state index contributed by atoms with van der Waals surface area (Å²) in [5.74, 6) is 0.482. The van der Waals surface area contributed by atoms with Crippen LogP contribution in [0.3, 0.4) is 0 Å². The lowest BCUT2D eigenvalue weighted by molar-refractivity contribution is 0.443. The Kier molecular flexibility index (Phi) is 5.11. The van der Waals surface area contributed by atoms with Gasteiger partial charge in [0.2, 0.25) is 5.88 Å². The minimum absolute atomic E-state index is 0.173. The van der Waals surface area contributed by atoms with Crippen LogP contribution in [0.1, 0.15) is 0 Å². The average molecular weight is 443 g/mol.